The third-order valence-corrected chi connectivity index (χ3v) is 14.4. The second-order valence-corrected chi connectivity index (χ2v) is 20.6. The highest BCUT2D eigenvalue weighted by Gasteiger charge is 2.49. The lowest BCUT2D eigenvalue weighted by Crippen LogP contribution is -2.57. The van der Waals surface area contributed by atoms with E-state index in [1.165, 1.54) is 117 Å². The zero-order chi connectivity index (χ0) is 42.4. The molecule has 0 spiro atoms. The fourth-order valence-corrected chi connectivity index (χ4v) is 11.2. The van der Waals surface area contributed by atoms with Gasteiger partial charge < -0.3 is 9.38 Å². The molecule has 62 heavy (non-hydrogen) atoms. The van der Waals surface area contributed by atoms with Gasteiger partial charge in [-0.15, -0.1) is 0 Å². The average molecular weight is 799 g/mol. The second-order valence-electron chi connectivity index (χ2n) is 20.6. The Bertz CT molecular complexity index is 3320. The van der Waals surface area contributed by atoms with Gasteiger partial charge in [0.1, 0.15) is 0 Å². The zero-order valence-corrected chi connectivity index (χ0v) is 37.1. The highest BCUT2D eigenvalue weighted by atomic mass is 15.2. The Kier molecular flexibility index (Phi) is 7.65. The average Bonchev–Trinajstić information content (AvgIpc) is 3.72. The Labute approximate surface area is 366 Å². The van der Waals surface area contributed by atoms with Gasteiger partial charge in [-0.05, 0) is 131 Å². The van der Waals surface area contributed by atoms with Crippen molar-refractivity contribution in [3.05, 3.63) is 186 Å². The summed E-state index contributed by atoms with van der Waals surface area (Å²) in [6.07, 6.45) is 0. The van der Waals surface area contributed by atoms with Crippen LogP contribution in [0.3, 0.4) is 0 Å². The summed E-state index contributed by atoms with van der Waals surface area (Å²) in [7, 11) is 0. The van der Waals surface area contributed by atoms with Gasteiger partial charge in [-0.3, -0.25) is 0 Å². The van der Waals surface area contributed by atoms with E-state index < -0.39 is 0 Å². The molecule has 1 aliphatic carbocycles. The van der Waals surface area contributed by atoms with Crippen molar-refractivity contribution in [3.63, 3.8) is 0 Å². The number of benzene rings is 8. The summed E-state index contributed by atoms with van der Waals surface area (Å²) in [4.78, 5) is 2.64. The number of hydrogen-bond donors (Lipinski definition) is 0. The molecule has 3 aliphatic rings. The van der Waals surface area contributed by atoms with Gasteiger partial charge in [-0.25, -0.2) is 0 Å². The predicted molar refractivity (Wildman–Crippen MR) is 266 cm³/mol. The number of aromatic nitrogens is 1. The summed E-state index contributed by atoms with van der Waals surface area (Å²) in [6, 6.07) is 62.4. The minimum absolute atomic E-state index is 0.0156. The van der Waals surface area contributed by atoms with E-state index >= 15 is 0 Å². The zero-order valence-electron chi connectivity index (χ0n) is 37.1. The SMILES string of the molecule is CC(C)(C)c1ccc2c(c1)c1cc(C(C)(C)C)cc3c1n2B1c2cc(-c4ccccc4)ccc2N(c2ccc(-c4ccccc4)cc2)c2c1c-3cc1c2C(C)(C)c2ccccc2-1. The van der Waals surface area contributed by atoms with Crippen molar-refractivity contribution < 1.29 is 0 Å². The molecule has 1 aromatic heterocycles. The van der Waals surface area contributed by atoms with Crippen molar-refractivity contribution in [1.29, 1.82) is 0 Å². The van der Waals surface area contributed by atoms with E-state index in [-0.39, 0.29) is 23.1 Å². The molecule has 0 bridgehead atoms. The van der Waals surface area contributed by atoms with Gasteiger partial charge in [-0.2, -0.15) is 0 Å². The van der Waals surface area contributed by atoms with Gasteiger partial charge in [0.2, 0.25) is 0 Å². The van der Waals surface area contributed by atoms with Gasteiger partial charge >= 0.3 is 6.85 Å². The Morgan fingerprint density at radius 3 is 1.79 bits per heavy atom. The third kappa shape index (κ3) is 5.18. The lowest BCUT2D eigenvalue weighted by molar-refractivity contribution is 0.590. The van der Waals surface area contributed by atoms with Gasteiger partial charge in [0, 0.05) is 49.8 Å². The maximum Gasteiger partial charge on any atom is 0.333 e. The molecule has 0 atom stereocenters. The molecule has 3 heteroatoms. The highest BCUT2D eigenvalue weighted by molar-refractivity contribution is 6.90. The van der Waals surface area contributed by atoms with E-state index in [1.807, 2.05) is 0 Å². The third-order valence-electron chi connectivity index (χ3n) is 14.4. The molecule has 2 aliphatic heterocycles. The van der Waals surface area contributed by atoms with Crippen LogP contribution in [0.4, 0.5) is 17.1 Å². The molecule has 0 radical (unpaired) electrons. The molecule has 0 unspecified atom stereocenters. The molecular weight excluding hydrogens is 747 g/mol. The maximum atomic E-state index is 2.75. The number of rotatable bonds is 3. The van der Waals surface area contributed by atoms with Crippen molar-refractivity contribution in [2.24, 2.45) is 0 Å². The quantitative estimate of drug-likeness (QED) is 0.162. The van der Waals surface area contributed by atoms with Crippen LogP contribution < -0.4 is 15.8 Å². The van der Waals surface area contributed by atoms with Gasteiger partial charge in [0.15, 0.2) is 0 Å². The fraction of sp³-hybridized carbons (Fsp3) is 0.186. The van der Waals surface area contributed by atoms with E-state index in [4.69, 9.17) is 0 Å². The molecule has 0 amide bonds. The monoisotopic (exact) mass is 798 g/mol. The summed E-state index contributed by atoms with van der Waals surface area (Å²) in [5.41, 5.74) is 24.6. The first-order chi connectivity index (χ1) is 29.8. The number of nitrogens with zero attached hydrogens (tertiary/aromatic N) is 2. The molecule has 0 saturated heterocycles. The lowest BCUT2D eigenvalue weighted by atomic mass is 9.44. The van der Waals surface area contributed by atoms with Crippen LogP contribution in [0.1, 0.15) is 77.6 Å². The topological polar surface area (TPSA) is 8.17 Å². The first-order valence-corrected chi connectivity index (χ1v) is 22.4. The van der Waals surface area contributed by atoms with Crippen LogP contribution in [0, 0.1) is 0 Å². The van der Waals surface area contributed by atoms with Crippen molar-refractivity contribution >= 4 is 56.6 Å². The minimum atomic E-state index is -0.242. The maximum absolute atomic E-state index is 2.75. The Morgan fingerprint density at radius 2 is 1.10 bits per heavy atom. The summed E-state index contributed by atoms with van der Waals surface area (Å²) >= 11 is 0. The molecule has 0 saturated carbocycles. The molecule has 0 N–H and O–H groups in total. The standard InChI is InChI=1S/C59H51BN2/c1-57(2,3)40-26-30-51-44(32-40)47-33-41(58(4,5)6)34-48-46-35-45-43-21-15-16-22-49(43)59(7,8)53(45)56-54(46)60(62(51)55(47)48)50-31-39(37-19-13-10-14-20-37)25-29-52(50)61(56)42-27-23-38(24-28-42)36-17-11-9-12-18-36/h9-35H,1-8H3. The smallest absolute Gasteiger partial charge is 0.333 e. The number of hydrogen-bond acceptors (Lipinski definition) is 1. The first-order valence-electron chi connectivity index (χ1n) is 22.4. The molecule has 8 aromatic carbocycles. The van der Waals surface area contributed by atoms with E-state index in [0.29, 0.717) is 0 Å². The van der Waals surface area contributed by atoms with Crippen molar-refractivity contribution in [1.82, 2.24) is 4.48 Å². The molecule has 3 heterocycles. The normalized spacial score (nSPS) is 14.5. The minimum Gasteiger partial charge on any atom is -0.375 e. The largest absolute Gasteiger partial charge is 0.375 e. The van der Waals surface area contributed by atoms with Gasteiger partial charge in [0.25, 0.3) is 0 Å². The van der Waals surface area contributed by atoms with Crippen LogP contribution in [0.2, 0.25) is 0 Å². The summed E-state index contributed by atoms with van der Waals surface area (Å²) in [6.45, 7) is 19.0. The van der Waals surface area contributed by atoms with Crippen molar-refractivity contribution in [2.75, 3.05) is 4.90 Å². The first kappa shape index (κ1) is 37.2. The molecule has 0 fully saturated rings. The van der Waals surface area contributed by atoms with Gasteiger partial charge in [-0.1, -0.05) is 171 Å². The number of fused-ring (bicyclic) bond motifs is 11. The van der Waals surface area contributed by atoms with Crippen LogP contribution in [-0.4, -0.2) is 11.3 Å². The Morgan fingerprint density at radius 1 is 0.484 bits per heavy atom. The molecule has 300 valence electrons. The van der Waals surface area contributed by atoms with Crippen LogP contribution in [0.15, 0.2) is 164 Å². The molecular formula is C59H51BN2. The predicted octanol–water partition coefficient (Wildman–Crippen LogP) is 14.4. The summed E-state index contributed by atoms with van der Waals surface area (Å²) in [5.74, 6) is 0. The lowest BCUT2D eigenvalue weighted by Gasteiger charge is -2.43. The van der Waals surface area contributed by atoms with Crippen LogP contribution in [-0.2, 0) is 16.2 Å². The fourth-order valence-electron chi connectivity index (χ4n) is 11.2. The molecule has 9 aromatic rings. The van der Waals surface area contributed by atoms with Gasteiger partial charge in [0.05, 0.1) is 0 Å². The van der Waals surface area contributed by atoms with E-state index in [2.05, 4.69) is 229 Å². The van der Waals surface area contributed by atoms with Crippen molar-refractivity contribution in [3.8, 4) is 44.5 Å². The van der Waals surface area contributed by atoms with E-state index in [0.717, 1.165) is 0 Å². The van der Waals surface area contributed by atoms with Crippen LogP contribution in [0.5, 0.6) is 0 Å². The number of anilines is 3. The second kappa shape index (κ2) is 12.7. The Hall–Kier alpha value is -6.58. The Balaban J connectivity index is 1.26. The highest BCUT2D eigenvalue weighted by Crippen LogP contribution is 2.57. The van der Waals surface area contributed by atoms with E-state index in [1.54, 1.807) is 0 Å². The molecule has 2 nitrogen and oxygen atoms in total. The van der Waals surface area contributed by atoms with Crippen LogP contribution >= 0.6 is 0 Å². The summed E-state index contributed by atoms with van der Waals surface area (Å²) in [5, 5.41) is 2.69. The van der Waals surface area contributed by atoms with Crippen LogP contribution in [0.25, 0.3) is 66.3 Å². The van der Waals surface area contributed by atoms with Crippen molar-refractivity contribution in [2.45, 2.75) is 71.6 Å². The van der Waals surface area contributed by atoms with E-state index in [9.17, 15) is 0 Å². The summed E-state index contributed by atoms with van der Waals surface area (Å²) < 4.78 is 2.75. The molecule has 12 rings (SSSR count).